The molecule has 0 aliphatic carbocycles. The molecule has 4 heterocycles. The summed E-state index contributed by atoms with van der Waals surface area (Å²) in [7, 11) is 0. The molecule has 1 aliphatic heterocycles. The first kappa shape index (κ1) is 25.1. The lowest BCUT2D eigenvalue weighted by molar-refractivity contribution is -0.138. The summed E-state index contributed by atoms with van der Waals surface area (Å²) in [6, 6.07) is 3.92. The molecule has 35 heavy (non-hydrogen) atoms. The Bertz CT molecular complexity index is 1290. The van der Waals surface area contributed by atoms with Gasteiger partial charge in [-0.15, -0.1) is 11.3 Å². The Labute approximate surface area is 209 Å². The largest absolute Gasteiger partial charge is 0.463 e. The number of hydrogen-bond donors (Lipinski definition) is 0. The molecule has 0 bridgehead atoms. The van der Waals surface area contributed by atoms with Crippen molar-refractivity contribution in [3.63, 3.8) is 0 Å². The Balaban J connectivity index is 1.69. The molecular formula is C26H32N4O4S. The molecule has 186 valence electrons. The van der Waals surface area contributed by atoms with Gasteiger partial charge in [-0.3, -0.25) is 9.20 Å². The maximum atomic E-state index is 13.5. The average molecular weight is 497 g/mol. The van der Waals surface area contributed by atoms with E-state index in [1.807, 2.05) is 17.0 Å². The van der Waals surface area contributed by atoms with Crippen LogP contribution in [0.3, 0.4) is 0 Å². The van der Waals surface area contributed by atoms with Crippen molar-refractivity contribution in [2.75, 3.05) is 37.8 Å². The molecule has 4 rings (SSSR count). The molecule has 0 radical (unpaired) electrons. The number of fused-ring (bicyclic) bond motifs is 1. The molecule has 9 heteroatoms. The third-order valence-electron chi connectivity index (χ3n) is 5.97. The second-order valence-corrected chi connectivity index (χ2v) is 9.83. The first-order chi connectivity index (χ1) is 16.9. The monoisotopic (exact) mass is 496 g/mol. The van der Waals surface area contributed by atoms with E-state index in [1.165, 1.54) is 4.40 Å². The van der Waals surface area contributed by atoms with Crippen LogP contribution >= 0.6 is 11.3 Å². The van der Waals surface area contributed by atoms with Gasteiger partial charge in [0.15, 0.2) is 0 Å². The second kappa shape index (κ2) is 11.1. The Kier molecular flexibility index (Phi) is 7.97. The van der Waals surface area contributed by atoms with Gasteiger partial charge in [0.2, 0.25) is 0 Å². The summed E-state index contributed by atoms with van der Waals surface area (Å²) in [5.41, 5.74) is 3.34. The van der Waals surface area contributed by atoms with Crippen molar-refractivity contribution in [3.8, 4) is 0 Å². The first-order valence-corrected chi connectivity index (χ1v) is 12.9. The predicted octanol–water partition coefficient (Wildman–Crippen LogP) is 3.86. The number of anilines is 1. The zero-order valence-corrected chi connectivity index (χ0v) is 21.6. The van der Waals surface area contributed by atoms with E-state index in [1.54, 1.807) is 37.5 Å². The second-order valence-electron chi connectivity index (χ2n) is 8.89. The van der Waals surface area contributed by atoms with Crippen LogP contribution in [0.25, 0.3) is 11.7 Å². The van der Waals surface area contributed by atoms with Crippen LogP contribution < -0.4 is 10.5 Å². The molecule has 0 spiro atoms. The number of morpholine rings is 1. The molecule has 0 amide bonds. The van der Waals surface area contributed by atoms with Gasteiger partial charge in [0.1, 0.15) is 11.5 Å². The van der Waals surface area contributed by atoms with Gasteiger partial charge in [-0.05, 0) is 50.0 Å². The van der Waals surface area contributed by atoms with Crippen LogP contribution in [0.2, 0.25) is 0 Å². The van der Waals surface area contributed by atoms with Gasteiger partial charge < -0.3 is 14.4 Å². The van der Waals surface area contributed by atoms with Gasteiger partial charge in [-0.1, -0.05) is 13.8 Å². The number of nitrogens with zero attached hydrogens (tertiary/aromatic N) is 4. The van der Waals surface area contributed by atoms with Crippen LogP contribution in [-0.4, -0.2) is 53.2 Å². The topological polar surface area (TPSA) is 86.0 Å². The van der Waals surface area contributed by atoms with E-state index in [-0.39, 0.29) is 12.2 Å². The van der Waals surface area contributed by atoms with Crippen LogP contribution in [0.15, 0.2) is 34.1 Å². The number of aromatic nitrogens is 3. The van der Waals surface area contributed by atoms with E-state index in [0.717, 1.165) is 29.1 Å². The van der Waals surface area contributed by atoms with Crippen molar-refractivity contribution in [2.24, 2.45) is 0 Å². The molecule has 3 aromatic heterocycles. The van der Waals surface area contributed by atoms with Gasteiger partial charge in [0.25, 0.3) is 5.56 Å². The third-order valence-corrected chi connectivity index (χ3v) is 6.89. The van der Waals surface area contributed by atoms with Gasteiger partial charge in [-0.2, -0.15) is 0 Å². The normalized spacial score (nSPS) is 14.7. The van der Waals surface area contributed by atoms with Crippen molar-refractivity contribution in [2.45, 2.75) is 46.5 Å². The SMILES string of the molecule is CCOC(=O)C(C)=Cc1c(N2CCOCC2)nc2cc(CCc3nc(C(C)C)cs3)ccn2c1=O. The van der Waals surface area contributed by atoms with E-state index in [0.29, 0.717) is 54.8 Å². The van der Waals surface area contributed by atoms with E-state index in [4.69, 9.17) is 19.4 Å². The molecule has 0 saturated carbocycles. The molecular weight excluding hydrogens is 464 g/mol. The number of carbonyl (C=O) groups is 1. The Morgan fingerprint density at radius 1 is 1.26 bits per heavy atom. The van der Waals surface area contributed by atoms with Crippen molar-refractivity contribution in [1.29, 1.82) is 0 Å². The number of ether oxygens (including phenoxy) is 2. The number of aryl methyl sites for hydroxylation is 2. The zero-order valence-electron chi connectivity index (χ0n) is 20.7. The first-order valence-electron chi connectivity index (χ1n) is 12.0. The average Bonchev–Trinajstić information content (AvgIpc) is 3.34. The lowest BCUT2D eigenvalue weighted by atomic mass is 10.1. The summed E-state index contributed by atoms with van der Waals surface area (Å²) >= 11 is 1.69. The summed E-state index contributed by atoms with van der Waals surface area (Å²) in [4.78, 5) is 37.4. The zero-order chi connectivity index (χ0) is 24.9. The lowest BCUT2D eigenvalue weighted by Crippen LogP contribution is -2.38. The van der Waals surface area contributed by atoms with Crippen LogP contribution in [-0.2, 0) is 27.1 Å². The fourth-order valence-electron chi connectivity index (χ4n) is 3.96. The fraction of sp³-hybridized carbons (Fsp3) is 0.462. The van der Waals surface area contributed by atoms with Crippen molar-refractivity contribution < 1.29 is 14.3 Å². The quantitative estimate of drug-likeness (QED) is 0.346. The summed E-state index contributed by atoms with van der Waals surface area (Å²) in [5, 5.41) is 3.24. The molecule has 3 aromatic rings. The van der Waals surface area contributed by atoms with Crippen LogP contribution in [0.5, 0.6) is 0 Å². The molecule has 8 nitrogen and oxygen atoms in total. The van der Waals surface area contributed by atoms with E-state index in [2.05, 4.69) is 19.2 Å². The number of rotatable bonds is 8. The highest BCUT2D eigenvalue weighted by Crippen LogP contribution is 2.22. The highest BCUT2D eigenvalue weighted by molar-refractivity contribution is 7.09. The third kappa shape index (κ3) is 5.79. The molecule has 1 aliphatic rings. The van der Waals surface area contributed by atoms with Gasteiger partial charge in [-0.25, -0.2) is 14.8 Å². The number of esters is 1. The Morgan fingerprint density at radius 3 is 2.71 bits per heavy atom. The highest BCUT2D eigenvalue weighted by Gasteiger charge is 2.21. The number of pyridine rings is 1. The Morgan fingerprint density at radius 2 is 2.03 bits per heavy atom. The number of carbonyl (C=O) groups excluding carboxylic acids is 1. The van der Waals surface area contributed by atoms with Crippen LogP contribution in [0.4, 0.5) is 5.82 Å². The molecule has 0 atom stereocenters. The van der Waals surface area contributed by atoms with Gasteiger partial charge >= 0.3 is 5.97 Å². The van der Waals surface area contributed by atoms with Crippen molar-refractivity contribution in [1.82, 2.24) is 14.4 Å². The maximum absolute atomic E-state index is 13.5. The van der Waals surface area contributed by atoms with Crippen LogP contribution in [0, 0.1) is 0 Å². The summed E-state index contributed by atoms with van der Waals surface area (Å²) in [5.74, 6) is 0.551. The minimum atomic E-state index is -0.442. The molecule has 0 aromatic carbocycles. The maximum Gasteiger partial charge on any atom is 0.333 e. The van der Waals surface area contributed by atoms with E-state index in [9.17, 15) is 9.59 Å². The Hall–Kier alpha value is -3.04. The smallest absolute Gasteiger partial charge is 0.333 e. The molecule has 0 N–H and O–H groups in total. The van der Waals surface area contributed by atoms with Gasteiger partial charge in [0, 0.05) is 36.7 Å². The van der Waals surface area contributed by atoms with E-state index >= 15 is 0 Å². The molecule has 0 unspecified atom stereocenters. The highest BCUT2D eigenvalue weighted by atomic mass is 32.1. The van der Waals surface area contributed by atoms with Crippen molar-refractivity contribution >= 4 is 34.8 Å². The molecule has 1 fully saturated rings. The summed E-state index contributed by atoms with van der Waals surface area (Å²) in [6.07, 6.45) is 5.01. The predicted molar refractivity (Wildman–Crippen MR) is 138 cm³/mol. The summed E-state index contributed by atoms with van der Waals surface area (Å²) in [6.45, 7) is 10.4. The van der Waals surface area contributed by atoms with Crippen molar-refractivity contribution in [3.05, 3.63) is 61.5 Å². The minimum Gasteiger partial charge on any atom is -0.463 e. The minimum absolute atomic E-state index is 0.215. The standard InChI is InChI=1S/C26H32N4O4S/c1-5-34-26(32)18(4)14-20-24(29-10-12-33-13-11-29)28-22-15-19(8-9-30(22)25(20)31)6-7-23-27-21(16-35-23)17(2)3/h8-9,14-17H,5-7,10-13H2,1-4H3. The lowest BCUT2D eigenvalue weighted by Gasteiger charge is -2.29. The number of hydrogen-bond acceptors (Lipinski definition) is 8. The summed E-state index contributed by atoms with van der Waals surface area (Å²) < 4.78 is 12.1. The molecule has 1 saturated heterocycles. The number of thiazole rings is 1. The van der Waals surface area contributed by atoms with E-state index < -0.39 is 5.97 Å². The fourth-order valence-corrected chi connectivity index (χ4v) is 4.92. The van der Waals surface area contributed by atoms with Gasteiger partial charge in [0.05, 0.1) is 36.1 Å². The van der Waals surface area contributed by atoms with Crippen LogP contribution in [0.1, 0.15) is 55.4 Å².